The molecule has 3 unspecified atom stereocenters. The van der Waals surface area contributed by atoms with Crippen LogP contribution >= 0.6 is 11.8 Å². The van der Waals surface area contributed by atoms with E-state index < -0.39 is 5.60 Å². The summed E-state index contributed by atoms with van der Waals surface area (Å²) >= 11 is 1.92. The molecule has 5 heteroatoms. The van der Waals surface area contributed by atoms with Crippen LogP contribution in [0.25, 0.3) is 0 Å². The van der Waals surface area contributed by atoms with Crippen LogP contribution in [0.2, 0.25) is 0 Å². The average molecular weight is 331 g/mol. The van der Waals surface area contributed by atoms with Gasteiger partial charge in [0.1, 0.15) is 5.60 Å². The minimum Gasteiger partial charge on any atom is -0.444 e. The molecule has 0 aromatic heterocycles. The smallest absolute Gasteiger partial charge is 0.407 e. The minimum atomic E-state index is -0.428. The number of ether oxygens (including phenoxy) is 1. The zero-order valence-electron chi connectivity index (χ0n) is 14.9. The van der Waals surface area contributed by atoms with Gasteiger partial charge in [-0.15, -0.1) is 0 Å². The fourth-order valence-corrected chi connectivity index (χ4v) is 3.19. The van der Waals surface area contributed by atoms with Gasteiger partial charge in [0.15, 0.2) is 0 Å². The molecule has 0 aromatic carbocycles. The topological polar surface area (TPSA) is 50.4 Å². The molecule has 0 aliphatic heterocycles. The normalized spacial score (nSPS) is 23.9. The van der Waals surface area contributed by atoms with Crippen LogP contribution in [0.5, 0.6) is 0 Å². The third kappa shape index (κ3) is 8.28. The molecule has 1 amide bonds. The van der Waals surface area contributed by atoms with E-state index in [1.54, 1.807) is 0 Å². The van der Waals surface area contributed by atoms with E-state index >= 15 is 0 Å². The summed E-state index contributed by atoms with van der Waals surface area (Å²) in [5.41, 5.74) is -0.428. The highest BCUT2D eigenvalue weighted by molar-refractivity contribution is 7.99. The van der Waals surface area contributed by atoms with E-state index in [1.807, 2.05) is 32.5 Å². The number of alkyl carbamates (subject to hydrolysis) is 1. The standard InChI is InChI=1S/C17H34N2O2S/c1-13(22-5)10-11-18-15-9-7-6-8-14(15)12-19-16(20)21-17(2,3)4/h13-15,18H,6-12H2,1-5H3,(H,19,20). The molecule has 130 valence electrons. The molecule has 0 heterocycles. The maximum absolute atomic E-state index is 11.8. The van der Waals surface area contributed by atoms with Crippen LogP contribution in [-0.2, 0) is 4.74 Å². The molecular formula is C17H34N2O2S. The maximum Gasteiger partial charge on any atom is 0.407 e. The molecule has 0 saturated heterocycles. The Bertz CT molecular complexity index is 331. The van der Waals surface area contributed by atoms with Crippen molar-refractivity contribution < 1.29 is 9.53 Å². The fourth-order valence-electron chi connectivity index (χ4n) is 2.84. The Morgan fingerprint density at radius 1 is 1.32 bits per heavy atom. The van der Waals surface area contributed by atoms with Crippen molar-refractivity contribution in [3.05, 3.63) is 0 Å². The highest BCUT2D eigenvalue weighted by Gasteiger charge is 2.26. The summed E-state index contributed by atoms with van der Waals surface area (Å²) in [6, 6.07) is 0.526. The van der Waals surface area contributed by atoms with Crippen LogP contribution in [0.1, 0.15) is 59.8 Å². The van der Waals surface area contributed by atoms with Gasteiger partial charge in [-0.1, -0.05) is 19.8 Å². The second-order valence-corrected chi connectivity index (χ2v) is 8.60. The molecule has 22 heavy (non-hydrogen) atoms. The summed E-state index contributed by atoms with van der Waals surface area (Å²) in [6.45, 7) is 9.73. The second kappa shape index (κ2) is 9.66. The van der Waals surface area contributed by atoms with Crippen molar-refractivity contribution in [3.8, 4) is 0 Å². The van der Waals surface area contributed by atoms with E-state index in [2.05, 4.69) is 23.8 Å². The molecule has 2 N–H and O–H groups in total. The van der Waals surface area contributed by atoms with Gasteiger partial charge >= 0.3 is 6.09 Å². The van der Waals surface area contributed by atoms with Crippen molar-refractivity contribution in [2.45, 2.75) is 76.7 Å². The van der Waals surface area contributed by atoms with Crippen molar-refractivity contribution in [1.29, 1.82) is 0 Å². The predicted octanol–water partition coefficient (Wildman–Crippen LogP) is 3.80. The van der Waals surface area contributed by atoms with E-state index in [0.29, 0.717) is 23.8 Å². The Labute approximate surface area is 140 Å². The molecule has 1 rings (SSSR count). The van der Waals surface area contributed by atoms with Crippen LogP contribution in [0, 0.1) is 5.92 Å². The van der Waals surface area contributed by atoms with E-state index in [4.69, 9.17) is 4.74 Å². The molecule has 0 bridgehead atoms. The van der Waals surface area contributed by atoms with Gasteiger partial charge in [-0.05, 0) is 58.8 Å². The van der Waals surface area contributed by atoms with Gasteiger partial charge in [0.05, 0.1) is 0 Å². The zero-order valence-corrected chi connectivity index (χ0v) is 15.7. The van der Waals surface area contributed by atoms with Crippen molar-refractivity contribution in [2.75, 3.05) is 19.3 Å². The number of nitrogens with one attached hydrogen (secondary N) is 2. The van der Waals surface area contributed by atoms with Gasteiger partial charge in [0.2, 0.25) is 0 Å². The zero-order chi connectivity index (χ0) is 16.6. The molecule has 1 aliphatic rings. The van der Waals surface area contributed by atoms with Crippen LogP contribution in [0.3, 0.4) is 0 Å². The Morgan fingerprint density at radius 3 is 2.64 bits per heavy atom. The number of hydrogen-bond donors (Lipinski definition) is 2. The summed E-state index contributed by atoms with van der Waals surface area (Å²) in [6.07, 6.45) is 8.02. The van der Waals surface area contributed by atoms with Gasteiger partial charge in [-0.3, -0.25) is 0 Å². The third-order valence-electron chi connectivity index (χ3n) is 4.18. The summed E-state index contributed by atoms with van der Waals surface area (Å²) in [7, 11) is 0. The lowest BCUT2D eigenvalue weighted by Crippen LogP contribution is -2.45. The van der Waals surface area contributed by atoms with Crippen LogP contribution in [0.4, 0.5) is 4.79 Å². The van der Waals surface area contributed by atoms with Crippen molar-refractivity contribution in [1.82, 2.24) is 10.6 Å². The first-order valence-corrected chi connectivity index (χ1v) is 9.83. The number of amides is 1. The molecular weight excluding hydrogens is 296 g/mol. The predicted molar refractivity (Wildman–Crippen MR) is 95.6 cm³/mol. The molecule has 0 aromatic rings. The van der Waals surface area contributed by atoms with Crippen LogP contribution in [0.15, 0.2) is 0 Å². The maximum atomic E-state index is 11.8. The number of hydrogen-bond acceptors (Lipinski definition) is 4. The lowest BCUT2D eigenvalue weighted by molar-refractivity contribution is 0.0510. The minimum absolute atomic E-state index is 0.298. The van der Waals surface area contributed by atoms with E-state index in [1.165, 1.54) is 32.1 Å². The SMILES string of the molecule is CSC(C)CCNC1CCCCC1CNC(=O)OC(C)(C)C. The molecule has 1 saturated carbocycles. The molecule has 1 fully saturated rings. The van der Waals surface area contributed by atoms with E-state index in [-0.39, 0.29) is 6.09 Å². The molecule has 0 radical (unpaired) electrons. The van der Waals surface area contributed by atoms with Crippen LogP contribution < -0.4 is 10.6 Å². The first kappa shape index (κ1) is 19.6. The second-order valence-electron chi connectivity index (χ2n) is 7.32. The van der Waals surface area contributed by atoms with Crippen molar-refractivity contribution >= 4 is 17.9 Å². The average Bonchev–Trinajstić information content (AvgIpc) is 2.44. The molecule has 0 spiro atoms. The van der Waals surface area contributed by atoms with Gasteiger partial charge in [0.25, 0.3) is 0 Å². The highest BCUT2D eigenvalue weighted by Crippen LogP contribution is 2.24. The monoisotopic (exact) mass is 330 g/mol. The summed E-state index contributed by atoms with van der Waals surface area (Å²) < 4.78 is 5.32. The van der Waals surface area contributed by atoms with Gasteiger partial charge in [-0.2, -0.15) is 11.8 Å². The number of rotatable bonds is 7. The quantitative estimate of drug-likeness (QED) is 0.745. The summed E-state index contributed by atoms with van der Waals surface area (Å²) in [5, 5.41) is 7.35. The lowest BCUT2D eigenvalue weighted by Gasteiger charge is -2.33. The first-order valence-electron chi connectivity index (χ1n) is 8.55. The number of carbonyl (C=O) groups excluding carboxylic acids is 1. The molecule has 1 aliphatic carbocycles. The van der Waals surface area contributed by atoms with Gasteiger partial charge < -0.3 is 15.4 Å². The van der Waals surface area contributed by atoms with E-state index in [9.17, 15) is 4.79 Å². The summed E-state index contributed by atoms with van der Waals surface area (Å²) in [4.78, 5) is 11.8. The third-order valence-corrected chi connectivity index (χ3v) is 5.22. The Morgan fingerprint density at radius 2 is 2.00 bits per heavy atom. The number of carbonyl (C=O) groups is 1. The Kier molecular flexibility index (Phi) is 8.62. The largest absolute Gasteiger partial charge is 0.444 e. The number of thioether (sulfide) groups is 1. The fraction of sp³-hybridized carbons (Fsp3) is 0.941. The first-order chi connectivity index (χ1) is 10.3. The van der Waals surface area contributed by atoms with Gasteiger partial charge in [-0.25, -0.2) is 4.79 Å². The molecule has 3 atom stereocenters. The van der Waals surface area contributed by atoms with Gasteiger partial charge in [0, 0.05) is 17.8 Å². The Balaban J connectivity index is 2.33. The summed E-state index contributed by atoms with van der Waals surface area (Å²) in [5.74, 6) is 0.519. The lowest BCUT2D eigenvalue weighted by atomic mass is 9.84. The Hall–Kier alpha value is -0.420. The molecule has 4 nitrogen and oxygen atoms in total. The highest BCUT2D eigenvalue weighted by atomic mass is 32.2. The van der Waals surface area contributed by atoms with Crippen molar-refractivity contribution in [2.24, 2.45) is 5.92 Å². The van der Waals surface area contributed by atoms with Crippen LogP contribution in [-0.4, -0.2) is 42.3 Å². The van der Waals surface area contributed by atoms with Crippen molar-refractivity contribution in [3.63, 3.8) is 0 Å². The van der Waals surface area contributed by atoms with E-state index in [0.717, 1.165) is 6.54 Å².